The molecule has 0 bridgehead atoms. The number of sulfonamides is 2. The molecule has 9 heteroatoms. The largest absolute Gasteiger partial charge is 0.379 e. The summed E-state index contributed by atoms with van der Waals surface area (Å²) in [5, 5.41) is 0. The maximum absolute atomic E-state index is 12.5. The minimum absolute atomic E-state index is 0.0796. The Balaban J connectivity index is 1.77. The topological polar surface area (TPSA) is 92.8 Å². The van der Waals surface area contributed by atoms with Gasteiger partial charge in [0.15, 0.2) is 0 Å². The van der Waals surface area contributed by atoms with Crippen LogP contribution in [0.15, 0.2) is 34.1 Å². The van der Waals surface area contributed by atoms with Crippen LogP contribution in [0.4, 0.5) is 0 Å². The lowest BCUT2D eigenvalue weighted by Gasteiger charge is -2.26. The van der Waals surface area contributed by atoms with Gasteiger partial charge in [-0.3, -0.25) is 0 Å². The van der Waals surface area contributed by atoms with Crippen molar-refractivity contribution in [2.24, 2.45) is 5.92 Å². The first-order valence-electron chi connectivity index (χ1n) is 8.01. The van der Waals surface area contributed by atoms with Crippen LogP contribution in [-0.4, -0.2) is 53.5 Å². The van der Waals surface area contributed by atoms with E-state index in [0.717, 1.165) is 12.8 Å². The molecule has 1 atom stereocenters. The summed E-state index contributed by atoms with van der Waals surface area (Å²) in [5.74, 6) is 0.403. The Morgan fingerprint density at radius 2 is 1.58 bits per heavy atom. The number of morpholine rings is 1. The van der Waals surface area contributed by atoms with Gasteiger partial charge in [-0.15, -0.1) is 0 Å². The summed E-state index contributed by atoms with van der Waals surface area (Å²) >= 11 is 0. The normalized spacial score (nSPS) is 21.5. The molecule has 1 saturated carbocycles. The van der Waals surface area contributed by atoms with Gasteiger partial charge in [-0.25, -0.2) is 21.6 Å². The van der Waals surface area contributed by atoms with E-state index in [0.29, 0.717) is 32.2 Å². The number of hydrogen-bond donors (Lipinski definition) is 1. The van der Waals surface area contributed by atoms with Crippen molar-refractivity contribution in [2.75, 3.05) is 26.3 Å². The molecule has 0 radical (unpaired) electrons. The number of rotatable bonds is 6. The van der Waals surface area contributed by atoms with Crippen LogP contribution in [0.5, 0.6) is 0 Å². The average molecular weight is 374 g/mol. The van der Waals surface area contributed by atoms with Gasteiger partial charge in [-0.1, -0.05) is 0 Å². The Bertz CT molecular complexity index is 780. The SMILES string of the molecule is C[C@@H](NS(=O)(=O)c1ccc(S(=O)(=O)N2CCOCC2)cc1)C1CC1. The Morgan fingerprint density at radius 1 is 1.04 bits per heavy atom. The van der Waals surface area contributed by atoms with E-state index in [1.54, 1.807) is 0 Å². The van der Waals surface area contributed by atoms with E-state index in [9.17, 15) is 16.8 Å². The van der Waals surface area contributed by atoms with E-state index >= 15 is 0 Å². The summed E-state index contributed by atoms with van der Waals surface area (Å²) in [6.45, 7) is 3.21. The van der Waals surface area contributed by atoms with Crippen molar-refractivity contribution in [3.8, 4) is 0 Å². The number of benzene rings is 1. The van der Waals surface area contributed by atoms with Crippen molar-refractivity contribution >= 4 is 20.0 Å². The minimum atomic E-state index is -3.63. The number of ether oxygens (including phenoxy) is 1. The molecular weight excluding hydrogens is 352 g/mol. The lowest BCUT2D eigenvalue weighted by atomic mass is 10.2. The predicted molar refractivity (Wildman–Crippen MR) is 88.5 cm³/mol. The molecule has 1 aliphatic heterocycles. The van der Waals surface area contributed by atoms with Crippen LogP contribution in [0.1, 0.15) is 19.8 Å². The van der Waals surface area contributed by atoms with Crippen LogP contribution in [0, 0.1) is 5.92 Å². The molecule has 7 nitrogen and oxygen atoms in total. The lowest BCUT2D eigenvalue weighted by Crippen LogP contribution is -2.40. The summed E-state index contributed by atoms with van der Waals surface area (Å²) in [6, 6.07) is 5.28. The first kappa shape index (κ1) is 17.8. The molecule has 1 aromatic carbocycles. The highest BCUT2D eigenvalue weighted by atomic mass is 32.2. The molecule has 24 heavy (non-hydrogen) atoms. The molecule has 2 fully saturated rings. The van der Waals surface area contributed by atoms with Crippen LogP contribution in [-0.2, 0) is 24.8 Å². The lowest BCUT2D eigenvalue weighted by molar-refractivity contribution is 0.0730. The second-order valence-electron chi connectivity index (χ2n) is 6.24. The quantitative estimate of drug-likeness (QED) is 0.794. The fourth-order valence-corrected chi connectivity index (χ4v) is 5.45. The zero-order valence-electron chi connectivity index (χ0n) is 13.5. The molecule has 1 saturated heterocycles. The van der Waals surface area contributed by atoms with Gasteiger partial charge in [0.05, 0.1) is 23.0 Å². The maximum Gasteiger partial charge on any atom is 0.243 e. The zero-order valence-corrected chi connectivity index (χ0v) is 15.1. The molecule has 1 N–H and O–H groups in total. The second kappa shape index (κ2) is 6.72. The van der Waals surface area contributed by atoms with Gasteiger partial charge < -0.3 is 4.74 Å². The second-order valence-corrected chi connectivity index (χ2v) is 9.89. The minimum Gasteiger partial charge on any atom is -0.379 e. The molecule has 2 aliphatic rings. The van der Waals surface area contributed by atoms with Crippen molar-refractivity contribution in [1.82, 2.24) is 9.03 Å². The summed E-state index contributed by atoms with van der Waals surface area (Å²) < 4.78 is 58.9. The molecule has 3 rings (SSSR count). The fraction of sp³-hybridized carbons (Fsp3) is 0.600. The van der Waals surface area contributed by atoms with Crippen molar-refractivity contribution < 1.29 is 21.6 Å². The molecule has 0 aromatic heterocycles. The fourth-order valence-electron chi connectivity index (χ4n) is 2.73. The Morgan fingerprint density at radius 3 is 2.12 bits per heavy atom. The smallest absolute Gasteiger partial charge is 0.243 e. The summed E-state index contributed by atoms with van der Waals surface area (Å²) in [7, 11) is -7.24. The average Bonchev–Trinajstić information content (AvgIpc) is 3.40. The number of nitrogens with zero attached hydrogens (tertiary/aromatic N) is 1. The number of nitrogens with one attached hydrogen (secondary N) is 1. The van der Waals surface area contributed by atoms with Crippen molar-refractivity contribution in [2.45, 2.75) is 35.6 Å². The Kier molecular flexibility index (Phi) is 4.99. The van der Waals surface area contributed by atoms with E-state index in [1.165, 1.54) is 28.6 Å². The van der Waals surface area contributed by atoms with E-state index in [2.05, 4.69) is 4.72 Å². The van der Waals surface area contributed by atoms with E-state index in [-0.39, 0.29) is 15.8 Å². The van der Waals surface area contributed by atoms with E-state index in [4.69, 9.17) is 4.74 Å². The molecule has 134 valence electrons. The zero-order chi connectivity index (χ0) is 17.4. The third kappa shape index (κ3) is 3.80. The predicted octanol–water partition coefficient (Wildman–Crippen LogP) is 0.784. The van der Waals surface area contributed by atoms with Crippen LogP contribution in [0.3, 0.4) is 0 Å². The highest BCUT2D eigenvalue weighted by Crippen LogP contribution is 2.33. The van der Waals surface area contributed by atoms with Gasteiger partial charge in [0.1, 0.15) is 0 Å². The summed E-state index contributed by atoms with van der Waals surface area (Å²) in [4.78, 5) is 0.175. The molecule has 0 unspecified atom stereocenters. The molecule has 1 heterocycles. The standard InChI is InChI=1S/C15H22N2O5S2/c1-12(13-2-3-13)16-23(18,19)14-4-6-15(7-5-14)24(20,21)17-8-10-22-11-9-17/h4-7,12-13,16H,2-3,8-11H2,1H3/t12-/m1/s1. The molecule has 1 aromatic rings. The maximum atomic E-state index is 12.5. The first-order valence-corrected chi connectivity index (χ1v) is 10.9. The third-order valence-corrected chi connectivity index (χ3v) is 7.90. The van der Waals surface area contributed by atoms with Crippen LogP contribution >= 0.6 is 0 Å². The molecule has 0 amide bonds. The van der Waals surface area contributed by atoms with Crippen LogP contribution in [0.25, 0.3) is 0 Å². The number of hydrogen-bond acceptors (Lipinski definition) is 5. The van der Waals surface area contributed by atoms with Gasteiger partial charge in [-0.05, 0) is 49.9 Å². The van der Waals surface area contributed by atoms with Gasteiger partial charge >= 0.3 is 0 Å². The monoisotopic (exact) mass is 374 g/mol. The summed E-state index contributed by atoms with van der Waals surface area (Å²) in [6.07, 6.45) is 2.08. The van der Waals surface area contributed by atoms with E-state index in [1.807, 2.05) is 6.92 Å². The highest BCUT2D eigenvalue weighted by Gasteiger charge is 2.31. The molecular formula is C15H22N2O5S2. The van der Waals surface area contributed by atoms with Crippen LogP contribution < -0.4 is 4.72 Å². The summed E-state index contributed by atoms with van der Waals surface area (Å²) in [5.41, 5.74) is 0. The van der Waals surface area contributed by atoms with Gasteiger partial charge in [-0.2, -0.15) is 4.31 Å². The Hall–Kier alpha value is -1.00. The van der Waals surface area contributed by atoms with Gasteiger partial charge in [0.2, 0.25) is 20.0 Å². The first-order chi connectivity index (χ1) is 11.3. The van der Waals surface area contributed by atoms with Gasteiger partial charge in [0, 0.05) is 19.1 Å². The highest BCUT2D eigenvalue weighted by molar-refractivity contribution is 7.89. The van der Waals surface area contributed by atoms with Crippen molar-refractivity contribution in [3.05, 3.63) is 24.3 Å². The van der Waals surface area contributed by atoms with Crippen molar-refractivity contribution in [1.29, 1.82) is 0 Å². The van der Waals surface area contributed by atoms with Crippen molar-refractivity contribution in [3.63, 3.8) is 0 Å². The Labute approximate surface area is 143 Å². The van der Waals surface area contributed by atoms with Gasteiger partial charge in [0.25, 0.3) is 0 Å². The molecule has 0 spiro atoms. The van der Waals surface area contributed by atoms with Crippen LogP contribution in [0.2, 0.25) is 0 Å². The van der Waals surface area contributed by atoms with E-state index < -0.39 is 20.0 Å². The molecule has 1 aliphatic carbocycles. The third-order valence-electron chi connectivity index (χ3n) is 4.41.